The number of hydrogen-bond donors (Lipinski definition) is 2. The predicted octanol–water partition coefficient (Wildman–Crippen LogP) is 2.32. The highest BCUT2D eigenvalue weighted by Gasteiger charge is 2.45. The number of thioether (sulfide) groups is 1. The van der Waals surface area contributed by atoms with Crippen LogP contribution in [0.25, 0.3) is 22.3 Å². The Hall–Kier alpha value is -3.04. The maximum atomic E-state index is 13.4. The minimum absolute atomic E-state index is 0.109. The molecule has 3 N–H and O–H groups in total. The molecule has 0 spiro atoms. The fraction of sp³-hybridized carbons (Fsp3) is 0.348. The molecule has 0 saturated carbocycles. The number of nitrogens with two attached hydrogens (primary N) is 1. The number of rotatable bonds is 2. The van der Waals surface area contributed by atoms with E-state index in [0.717, 1.165) is 39.3 Å². The van der Waals surface area contributed by atoms with Crippen molar-refractivity contribution in [2.24, 2.45) is 0 Å². The standard InChI is InChI=1S/C23H21N3O5S/c1-3-23(29)13-6-15-18-11(8-26(15)21(27)12(13)9-31-22(23)28)10-4-5-32-20-16(30-2)7-14(24)19(25-18)17(10)20/h6-7,29H,3-5,8-9,24H2,1-2H3. The van der Waals surface area contributed by atoms with E-state index in [2.05, 4.69) is 0 Å². The van der Waals surface area contributed by atoms with Gasteiger partial charge in [0.1, 0.15) is 12.4 Å². The van der Waals surface area contributed by atoms with Crippen LogP contribution in [-0.2, 0) is 34.7 Å². The van der Waals surface area contributed by atoms with E-state index in [1.165, 1.54) is 0 Å². The van der Waals surface area contributed by atoms with Gasteiger partial charge in [-0.25, -0.2) is 9.78 Å². The molecular formula is C23H21N3O5S. The van der Waals surface area contributed by atoms with Crippen molar-refractivity contribution in [3.05, 3.63) is 44.7 Å². The Morgan fingerprint density at radius 3 is 2.88 bits per heavy atom. The highest BCUT2D eigenvalue weighted by atomic mass is 32.2. The molecule has 2 aromatic heterocycles. The fourth-order valence-electron chi connectivity index (χ4n) is 5.14. The van der Waals surface area contributed by atoms with Gasteiger partial charge >= 0.3 is 5.97 Å². The normalized spacial score (nSPS) is 20.5. The Bertz CT molecular complexity index is 1430. The number of carbonyl (C=O) groups excluding carboxylic acids is 1. The summed E-state index contributed by atoms with van der Waals surface area (Å²) in [5, 5.41) is 12.0. The number of pyridine rings is 2. The number of cyclic esters (lactones) is 1. The topological polar surface area (TPSA) is 117 Å². The summed E-state index contributed by atoms with van der Waals surface area (Å²) in [4.78, 5) is 31.7. The maximum Gasteiger partial charge on any atom is 0.343 e. The predicted molar refractivity (Wildman–Crippen MR) is 120 cm³/mol. The molecule has 1 atom stereocenters. The number of esters is 1. The zero-order chi connectivity index (χ0) is 22.4. The lowest BCUT2D eigenvalue weighted by Gasteiger charge is -2.31. The zero-order valence-electron chi connectivity index (χ0n) is 17.7. The van der Waals surface area contributed by atoms with Crippen LogP contribution in [0.1, 0.15) is 35.6 Å². The molecule has 3 aliphatic rings. The highest BCUT2D eigenvalue weighted by molar-refractivity contribution is 7.99. The minimum atomic E-state index is -1.84. The van der Waals surface area contributed by atoms with Crippen molar-refractivity contribution in [3.63, 3.8) is 0 Å². The van der Waals surface area contributed by atoms with Crippen molar-refractivity contribution in [1.82, 2.24) is 9.55 Å². The van der Waals surface area contributed by atoms with Crippen molar-refractivity contribution in [2.45, 2.75) is 43.4 Å². The average molecular weight is 452 g/mol. The van der Waals surface area contributed by atoms with Crippen LogP contribution >= 0.6 is 11.8 Å². The average Bonchev–Trinajstić information content (AvgIpc) is 3.18. The second-order valence-corrected chi connectivity index (χ2v) is 9.44. The number of aliphatic hydroxyl groups is 1. The van der Waals surface area contributed by atoms with E-state index in [9.17, 15) is 14.7 Å². The fourth-order valence-corrected chi connectivity index (χ4v) is 6.30. The SMILES string of the molecule is CCC1(O)C(=O)OCc2c1cc1n(c2=O)Cc2c-1nc1c(N)cc(OC)c3c1c2CCS3. The van der Waals surface area contributed by atoms with Crippen LogP contribution in [0.4, 0.5) is 5.69 Å². The Morgan fingerprint density at radius 1 is 1.31 bits per heavy atom. The molecule has 32 heavy (non-hydrogen) atoms. The number of aryl methyl sites for hydroxylation is 1. The molecule has 0 saturated heterocycles. The molecule has 9 heteroatoms. The first-order valence-electron chi connectivity index (χ1n) is 10.5. The second kappa shape index (κ2) is 6.49. The first-order valence-corrected chi connectivity index (χ1v) is 11.5. The van der Waals surface area contributed by atoms with Gasteiger partial charge in [0.25, 0.3) is 5.56 Å². The quantitative estimate of drug-likeness (QED) is 0.352. The molecule has 6 rings (SSSR count). The molecule has 3 aromatic rings. The summed E-state index contributed by atoms with van der Waals surface area (Å²) in [6, 6.07) is 3.52. The first kappa shape index (κ1) is 19.6. The number of methoxy groups -OCH3 is 1. The molecule has 1 unspecified atom stereocenters. The Balaban J connectivity index is 1.68. The van der Waals surface area contributed by atoms with Gasteiger partial charge in [-0.3, -0.25) is 4.79 Å². The zero-order valence-corrected chi connectivity index (χ0v) is 18.5. The highest BCUT2D eigenvalue weighted by Crippen LogP contribution is 2.48. The van der Waals surface area contributed by atoms with Gasteiger partial charge in [0.2, 0.25) is 0 Å². The smallest absolute Gasteiger partial charge is 0.343 e. The monoisotopic (exact) mass is 451 g/mol. The van der Waals surface area contributed by atoms with Crippen molar-refractivity contribution >= 4 is 34.3 Å². The molecule has 0 aliphatic carbocycles. The lowest BCUT2D eigenvalue weighted by atomic mass is 9.86. The van der Waals surface area contributed by atoms with E-state index in [4.69, 9.17) is 20.2 Å². The van der Waals surface area contributed by atoms with Gasteiger partial charge in [-0.15, -0.1) is 11.8 Å². The van der Waals surface area contributed by atoms with Crippen molar-refractivity contribution in [2.75, 3.05) is 18.6 Å². The van der Waals surface area contributed by atoms with Crippen molar-refractivity contribution < 1.29 is 19.4 Å². The van der Waals surface area contributed by atoms with E-state index in [1.807, 2.05) is 0 Å². The van der Waals surface area contributed by atoms with E-state index < -0.39 is 11.6 Å². The maximum absolute atomic E-state index is 13.4. The van der Waals surface area contributed by atoms with Gasteiger partial charge in [0, 0.05) is 28.3 Å². The summed E-state index contributed by atoms with van der Waals surface area (Å²) in [6.45, 7) is 1.94. The summed E-state index contributed by atoms with van der Waals surface area (Å²) in [6.07, 6.45) is 0.937. The molecule has 0 radical (unpaired) electrons. The van der Waals surface area contributed by atoms with Crippen molar-refractivity contribution in [3.8, 4) is 17.1 Å². The number of anilines is 1. The number of ether oxygens (including phenoxy) is 2. The first-order chi connectivity index (χ1) is 15.4. The van der Waals surface area contributed by atoms with Crippen LogP contribution < -0.4 is 16.0 Å². The Kier molecular flexibility index (Phi) is 3.98. The summed E-state index contributed by atoms with van der Waals surface area (Å²) in [5.41, 5.74) is 9.49. The van der Waals surface area contributed by atoms with Gasteiger partial charge in [0.05, 0.1) is 46.7 Å². The summed E-state index contributed by atoms with van der Waals surface area (Å²) in [7, 11) is 1.63. The van der Waals surface area contributed by atoms with Crippen LogP contribution in [0.2, 0.25) is 0 Å². The van der Waals surface area contributed by atoms with Gasteiger partial charge in [-0.1, -0.05) is 6.92 Å². The lowest BCUT2D eigenvalue weighted by Crippen LogP contribution is -2.44. The molecule has 8 nitrogen and oxygen atoms in total. The number of nitrogens with zero attached hydrogens (tertiary/aromatic N) is 2. The number of fused-ring (bicyclic) bond motifs is 5. The van der Waals surface area contributed by atoms with Gasteiger partial charge in [0.15, 0.2) is 5.60 Å². The summed E-state index contributed by atoms with van der Waals surface area (Å²) >= 11 is 1.72. The number of nitrogen functional groups attached to an aromatic ring is 1. The molecule has 5 heterocycles. The van der Waals surface area contributed by atoms with E-state index >= 15 is 0 Å². The van der Waals surface area contributed by atoms with E-state index in [-0.39, 0.29) is 18.6 Å². The Labute approximate surface area is 187 Å². The third kappa shape index (κ3) is 2.30. The molecule has 0 bridgehead atoms. The molecule has 0 fully saturated rings. The molecule has 1 aromatic carbocycles. The van der Waals surface area contributed by atoms with Crippen LogP contribution in [0.5, 0.6) is 5.75 Å². The largest absolute Gasteiger partial charge is 0.495 e. The molecule has 0 amide bonds. The van der Waals surface area contributed by atoms with Crippen molar-refractivity contribution in [1.29, 1.82) is 0 Å². The molecule has 3 aliphatic heterocycles. The second-order valence-electron chi connectivity index (χ2n) is 8.34. The van der Waals surface area contributed by atoms with E-state index in [1.54, 1.807) is 42.5 Å². The third-order valence-electron chi connectivity index (χ3n) is 6.84. The van der Waals surface area contributed by atoms with Crippen LogP contribution in [0.3, 0.4) is 0 Å². The van der Waals surface area contributed by atoms with Gasteiger partial charge < -0.3 is 24.9 Å². The number of hydrogen-bond acceptors (Lipinski definition) is 8. The number of aromatic nitrogens is 2. The lowest BCUT2D eigenvalue weighted by molar-refractivity contribution is -0.172. The van der Waals surface area contributed by atoms with E-state index in [0.29, 0.717) is 40.3 Å². The third-order valence-corrected chi connectivity index (χ3v) is 7.95. The minimum Gasteiger partial charge on any atom is -0.495 e. The van der Waals surface area contributed by atoms with Gasteiger partial charge in [-0.2, -0.15) is 0 Å². The summed E-state index contributed by atoms with van der Waals surface area (Å²) in [5.74, 6) is 0.891. The number of carbonyl (C=O) groups is 1. The number of benzene rings is 1. The van der Waals surface area contributed by atoms with Crippen LogP contribution in [0.15, 0.2) is 21.8 Å². The molecular weight excluding hydrogens is 430 g/mol. The van der Waals surface area contributed by atoms with Crippen LogP contribution in [0, 0.1) is 0 Å². The molecule has 164 valence electrons. The Morgan fingerprint density at radius 2 is 2.12 bits per heavy atom. The summed E-state index contributed by atoms with van der Waals surface area (Å²) < 4.78 is 12.4. The van der Waals surface area contributed by atoms with Crippen LogP contribution in [-0.4, -0.2) is 33.5 Å². The van der Waals surface area contributed by atoms with Gasteiger partial charge in [-0.05, 0) is 24.5 Å².